The van der Waals surface area contributed by atoms with E-state index >= 15 is 0 Å². The van der Waals surface area contributed by atoms with E-state index in [2.05, 4.69) is 47.6 Å². The van der Waals surface area contributed by atoms with E-state index in [1.165, 1.54) is 16.6 Å². The molecule has 0 aliphatic heterocycles. The number of rotatable bonds is 3. The molecule has 0 aliphatic rings. The van der Waals surface area contributed by atoms with Gasteiger partial charge in [-0.3, -0.25) is 0 Å². The molecule has 74 valence electrons. The van der Waals surface area contributed by atoms with E-state index in [-0.39, 0.29) is 0 Å². The predicted molar refractivity (Wildman–Crippen MR) is 59.0 cm³/mol. The van der Waals surface area contributed by atoms with Gasteiger partial charge in [0.15, 0.2) is 0 Å². The summed E-state index contributed by atoms with van der Waals surface area (Å²) in [6, 6.07) is 10.8. The molecule has 0 spiro atoms. The van der Waals surface area contributed by atoms with Crippen LogP contribution in [0.5, 0.6) is 0 Å². The Morgan fingerprint density at radius 1 is 1.29 bits per heavy atom. The maximum atomic E-state index is 3.88. The lowest BCUT2D eigenvalue weighted by atomic mass is 10.2. The molecule has 2 rings (SSSR count). The first-order valence-electron chi connectivity index (χ1n) is 5.17. The Hall–Kier alpha value is -1.28. The fourth-order valence-electron chi connectivity index (χ4n) is 1.92. The van der Waals surface area contributed by atoms with Crippen LogP contribution >= 0.6 is 0 Å². The number of fused-ring (bicyclic) bond motifs is 1. The zero-order chi connectivity index (χ0) is 9.97. The highest BCUT2D eigenvalue weighted by Crippen LogP contribution is 2.19. The maximum Gasteiger partial charge on any atom is 0.0757 e. The van der Waals surface area contributed by atoms with E-state index in [0.29, 0.717) is 0 Å². The molecule has 2 nitrogen and oxygen atoms in total. The second-order valence-electron chi connectivity index (χ2n) is 3.70. The van der Waals surface area contributed by atoms with Crippen LogP contribution in [0.15, 0.2) is 30.3 Å². The van der Waals surface area contributed by atoms with E-state index < -0.39 is 0 Å². The molecular weight excluding hydrogens is 172 g/mol. The van der Waals surface area contributed by atoms with Crippen molar-refractivity contribution in [2.24, 2.45) is 0 Å². The lowest BCUT2D eigenvalue weighted by molar-refractivity contribution is -0.368. The van der Waals surface area contributed by atoms with Gasteiger partial charge in [0, 0.05) is 24.2 Å². The number of benzene rings is 1. The molecule has 2 heteroatoms. The summed E-state index contributed by atoms with van der Waals surface area (Å²) in [5.74, 6) is 0. The molecule has 1 heterocycles. The first-order valence-corrected chi connectivity index (χ1v) is 5.17. The number of para-hydroxylation sites is 1. The number of hydrogen-bond donors (Lipinski definition) is 1. The number of quaternary nitrogens is 1. The van der Waals surface area contributed by atoms with E-state index in [4.69, 9.17) is 0 Å². The minimum atomic E-state index is 1.01. The first kappa shape index (κ1) is 9.28. The number of hydrogen-bond acceptors (Lipinski definition) is 0. The number of nitrogens with zero attached hydrogens (tertiary/aromatic N) is 1. The van der Waals surface area contributed by atoms with Crippen LogP contribution in [0.4, 0.5) is 0 Å². The van der Waals surface area contributed by atoms with Crippen molar-refractivity contribution in [3.8, 4) is 0 Å². The average Bonchev–Trinajstić information content (AvgIpc) is 2.51. The van der Waals surface area contributed by atoms with Crippen molar-refractivity contribution in [1.29, 1.82) is 0 Å². The van der Waals surface area contributed by atoms with E-state index in [1.54, 1.807) is 0 Å². The SMILES string of the molecule is Cc1cc2ccccc2n1CCC[NH3+]. The molecule has 0 unspecified atom stereocenters. The average molecular weight is 189 g/mol. The van der Waals surface area contributed by atoms with Gasteiger partial charge in [-0.1, -0.05) is 18.2 Å². The summed E-state index contributed by atoms with van der Waals surface area (Å²) in [6.07, 6.45) is 1.15. The maximum absolute atomic E-state index is 3.88. The van der Waals surface area contributed by atoms with Crippen molar-refractivity contribution < 1.29 is 5.73 Å². The van der Waals surface area contributed by atoms with Crippen molar-refractivity contribution >= 4 is 10.9 Å². The van der Waals surface area contributed by atoms with Crippen LogP contribution in [-0.2, 0) is 6.54 Å². The van der Waals surface area contributed by atoms with Gasteiger partial charge in [0.05, 0.1) is 6.54 Å². The van der Waals surface area contributed by atoms with Crippen LogP contribution in [0.3, 0.4) is 0 Å². The third-order valence-electron chi connectivity index (χ3n) is 2.65. The first-order chi connectivity index (χ1) is 6.83. The Bertz CT molecular complexity index is 429. The van der Waals surface area contributed by atoms with Gasteiger partial charge in [-0.25, -0.2) is 0 Å². The standard InChI is InChI=1S/C12H16N2/c1-10-9-11-5-2-3-6-12(11)14(10)8-4-7-13/h2-3,5-6,9H,4,7-8,13H2,1H3/p+1. The Morgan fingerprint density at radius 2 is 2.07 bits per heavy atom. The molecular formula is C12H17N2+. The molecule has 3 N–H and O–H groups in total. The fourth-order valence-corrected chi connectivity index (χ4v) is 1.92. The molecule has 0 saturated carbocycles. The molecule has 0 bridgehead atoms. The van der Waals surface area contributed by atoms with E-state index in [9.17, 15) is 0 Å². The molecule has 1 aromatic carbocycles. The third-order valence-corrected chi connectivity index (χ3v) is 2.65. The normalized spacial score (nSPS) is 11.0. The second-order valence-corrected chi connectivity index (χ2v) is 3.70. The van der Waals surface area contributed by atoms with E-state index in [1.807, 2.05) is 0 Å². The summed E-state index contributed by atoms with van der Waals surface area (Å²) in [4.78, 5) is 0. The fraction of sp³-hybridized carbons (Fsp3) is 0.333. The summed E-state index contributed by atoms with van der Waals surface area (Å²) in [5.41, 5.74) is 6.57. The summed E-state index contributed by atoms with van der Waals surface area (Å²) < 4.78 is 2.38. The predicted octanol–water partition coefficient (Wildman–Crippen LogP) is 1.58. The zero-order valence-corrected chi connectivity index (χ0v) is 8.66. The van der Waals surface area contributed by atoms with Crippen LogP contribution in [0.25, 0.3) is 10.9 Å². The van der Waals surface area contributed by atoms with Gasteiger partial charge < -0.3 is 10.3 Å². The highest BCUT2D eigenvalue weighted by Gasteiger charge is 2.03. The lowest BCUT2D eigenvalue weighted by Crippen LogP contribution is -2.50. The van der Waals surface area contributed by atoms with Gasteiger partial charge in [-0.05, 0) is 24.4 Å². The van der Waals surface area contributed by atoms with Crippen molar-refractivity contribution in [2.45, 2.75) is 19.9 Å². The monoisotopic (exact) mass is 189 g/mol. The molecule has 0 amide bonds. The minimum Gasteiger partial charge on any atom is -0.358 e. The van der Waals surface area contributed by atoms with Crippen LogP contribution in [0.1, 0.15) is 12.1 Å². The van der Waals surface area contributed by atoms with Gasteiger partial charge in [-0.2, -0.15) is 0 Å². The van der Waals surface area contributed by atoms with Crippen LogP contribution < -0.4 is 5.73 Å². The van der Waals surface area contributed by atoms with Crippen molar-refractivity contribution in [3.05, 3.63) is 36.0 Å². The highest BCUT2D eigenvalue weighted by atomic mass is 15.0. The Balaban J connectivity index is 2.45. The smallest absolute Gasteiger partial charge is 0.0757 e. The van der Waals surface area contributed by atoms with Crippen molar-refractivity contribution in [1.82, 2.24) is 4.57 Å². The second kappa shape index (κ2) is 3.84. The molecule has 0 atom stereocenters. The summed E-state index contributed by atoms with van der Waals surface area (Å²) in [5, 5.41) is 1.34. The zero-order valence-electron chi connectivity index (χ0n) is 8.66. The van der Waals surface area contributed by atoms with Crippen LogP contribution in [0, 0.1) is 6.92 Å². The number of aromatic nitrogens is 1. The highest BCUT2D eigenvalue weighted by molar-refractivity contribution is 5.81. The topological polar surface area (TPSA) is 32.6 Å². The minimum absolute atomic E-state index is 1.01. The largest absolute Gasteiger partial charge is 0.358 e. The van der Waals surface area contributed by atoms with E-state index in [0.717, 1.165) is 19.5 Å². The van der Waals surface area contributed by atoms with Gasteiger partial charge in [0.1, 0.15) is 0 Å². The summed E-state index contributed by atoms with van der Waals surface area (Å²) in [7, 11) is 0. The van der Waals surface area contributed by atoms with Gasteiger partial charge >= 0.3 is 0 Å². The van der Waals surface area contributed by atoms with Gasteiger partial charge in [0.25, 0.3) is 0 Å². The molecule has 0 radical (unpaired) electrons. The van der Waals surface area contributed by atoms with Crippen molar-refractivity contribution in [3.63, 3.8) is 0 Å². The third kappa shape index (κ3) is 1.53. The lowest BCUT2D eigenvalue weighted by Gasteiger charge is -2.05. The number of aryl methyl sites for hydroxylation is 2. The quantitative estimate of drug-likeness (QED) is 0.760. The van der Waals surface area contributed by atoms with Gasteiger partial charge in [0.2, 0.25) is 0 Å². The molecule has 0 fully saturated rings. The van der Waals surface area contributed by atoms with Gasteiger partial charge in [-0.15, -0.1) is 0 Å². The molecule has 1 aromatic heterocycles. The summed E-state index contributed by atoms with van der Waals surface area (Å²) >= 11 is 0. The summed E-state index contributed by atoms with van der Waals surface area (Å²) in [6.45, 7) is 4.26. The Labute approximate surface area is 84.3 Å². The van der Waals surface area contributed by atoms with Crippen LogP contribution in [-0.4, -0.2) is 11.1 Å². The molecule has 2 aromatic rings. The molecule has 0 saturated heterocycles. The Kier molecular flexibility index (Phi) is 2.55. The van der Waals surface area contributed by atoms with Crippen LogP contribution in [0.2, 0.25) is 0 Å². The Morgan fingerprint density at radius 3 is 2.86 bits per heavy atom. The molecule has 14 heavy (non-hydrogen) atoms. The molecule has 0 aliphatic carbocycles. The van der Waals surface area contributed by atoms with Crippen molar-refractivity contribution in [2.75, 3.05) is 6.54 Å².